The number of carbonyl (C=O) groups excluding carboxylic acids is 1. The van der Waals surface area contributed by atoms with Gasteiger partial charge in [-0.3, -0.25) is 9.69 Å². The molecular formula is C23H27N3O3. The lowest BCUT2D eigenvalue weighted by Crippen LogP contribution is -2.44. The van der Waals surface area contributed by atoms with Crippen molar-refractivity contribution in [3.05, 3.63) is 71.8 Å². The molecular weight excluding hydrogens is 366 g/mol. The standard InChI is InChI=1S/C23H27N3O3/c24-14-20-12-7-13-26(20)23(29)17-25(15-21(27)18-8-3-1-4-9-18)16-22(28)19-10-5-2-6-11-19/h1-6,8-11,20-22,27-28H,7,12-13,15-17H2/t20-,21?,22?/m0/s1. The quantitative estimate of drug-likeness (QED) is 0.718. The average Bonchev–Trinajstić information content (AvgIpc) is 3.24. The molecule has 2 aromatic rings. The van der Waals surface area contributed by atoms with E-state index in [4.69, 9.17) is 0 Å². The zero-order valence-electron chi connectivity index (χ0n) is 16.4. The number of rotatable bonds is 8. The minimum atomic E-state index is -0.780. The number of aliphatic hydroxyl groups is 2. The molecule has 6 heteroatoms. The number of amides is 1. The lowest BCUT2D eigenvalue weighted by molar-refractivity contribution is -0.133. The zero-order valence-corrected chi connectivity index (χ0v) is 16.4. The van der Waals surface area contributed by atoms with Crippen LogP contribution >= 0.6 is 0 Å². The molecule has 0 aromatic heterocycles. The molecule has 1 amide bonds. The Morgan fingerprint density at radius 2 is 1.55 bits per heavy atom. The van der Waals surface area contributed by atoms with Gasteiger partial charge in [-0.15, -0.1) is 0 Å². The lowest BCUT2D eigenvalue weighted by Gasteiger charge is -2.29. The van der Waals surface area contributed by atoms with Crippen LogP contribution in [-0.2, 0) is 4.79 Å². The highest BCUT2D eigenvalue weighted by Gasteiger charge is 2.30. The van der Waals surface area contributed by atoms with Crippen molar-refractivity contribution in [2.24, 2.45) is 0 Å². The SMILES string of the molecule is N#C[C@@H]1CCCN1C(=O)CN(CC(O)c1ccccc1)CC(O)c1ccccc1. The first-order chi connectivity index (χ1) is 14.1. The van der Waals surface area contributed by atoms with Crippen LogP contribution in [-0.4, -0.2) is 58.1 Å². The summed E-state index contributed by atoms with van der Waals surface area (Å²) in [6.07, 6.45) is -0.0419. The maximum atomic E-state index is 12.8. The van der Waals surface area contributed by atoms with Gasteiger partial charge in [0, 0.05) is 19.6 Å². The molecule has 0 saturated carbocycles. The molecule has 0 spiro atoms. The van der Waals surface area contributed by atoms with E-state index in [-0.39, 0.29) is 31.6 Å². The van der Waals surface area contributed by atoms with Crippen molar-refractivity contribution in [2.75, 3.05) is 26.2 Å². The lowest BCUT2D eigenvalue weighted by atomic mass is 10.1. The normalized spacial score (nSPS) is 18.4. The average molecular weight is 393 g/mol. The number of nitriles is 1. The first-order valence-corrected chi connectivity index (χ1v) is 9.96. The first-order valence-electron chi connectivity index (χ1n) is 9.96. The smallest absolute Gasteiger partial charge is 0.237 e. The summed E-state index contributed by atoms with van der Waals surface area (Å²) >= 11 is 0. The summed E-state index contributed by atoms with van der Waals surface area (Å²) in [5.41, 5.74) is 1.52. The number of hydrogen-bond acceptors (Lipinski definition) is 5. The maximum Gasteiger partial charge on any atom is 0.237 e. The zero-order chi connectivity index (χ0) is 20.6. The predicted octanol–water partition coefficient (Wildman–Crippen LogP) is 2.27. The third-order valence-electron chi connectivity index (χ3n) is 5.31. The molecule has 2 unspecified atom stereocenters. The van der Waals surface area contributed by atoms with Crippen LogP contribution in [0.25, 0.3) is 0 Å². The molecule has 1 fully saturated rings. The fourth-order valence-electron chi connectivity index (χ4n) is 3.74. The second kappa shape index (κ2) is 10.2. The van der Waals surface area contributed by atoms with Crippen molar-refractivity contribution in [2.45, 2.75) is 31.1 Å². The summed E-state index contributed by atoms with van der Waals surface area (Å²) < 4.78 is 0. The van der Waals surface area contributed by atoms with Gasteiger partial charge in [-0.2, -0.15) is 5.26 Å². The van der Waals surface area contributed by atoms with Crippen molar-refractivity contribution in [3.8, 4) is 6.07 Å². The van der Waals surface area contributed by atoms with Gasteiger partial charge in [0.15, 0.2) is 0 Å². The van der Waals surface area contributed by atoms with Crippen LogP contribution < -0.4 is 0 Å². The Morgan fingerprint density at radius 1 is 1.03 bits per heavy atom. The van der Waals surface area contributed by atoms with E-state index in [2.05, 4.69) is 6.07 Å². The highest BCUT2D eigenvalue weighted by atomic mass is 16.3. The Morgan fingerprint density at radius 3 is 2.03 bits per heavy atom. The molecule has 29 heavy (non-hydrogen) atoms. The van der Waals surface area contributed by atoms with E-state index >= 15 is 0 Å². The molecule has 6 nitrogen and oxygen atoms in total. The second-order valence-electron chi connectivity index (χ2n) is 7.42. The number of hydrogen-bond donors (Lipinski definition) is 2. The fraction of sp³-hybridized carbons (Fsp3) is 0.391. The minimum Gasteiger partial charge on any atom is -0.387 e. The van der Waals surface area contributed by atoms with E-state index in [9.17, 15) is 20.3 Å². The Labute approximate surface area is 171 Å². The van der Waals surface area contributed by atoms with E-state index in [0.29, 0.717) is 13.0 Å². The number of carbonyl (C=O) groups is 1. The van der Waals surface area contributed by atoms with Gasteiger partial charge in [0.25, 0.3) is 0 Å². The van der Waals surface area contributed by atoms with E-state index < -0.39 is 12.2 Å². The highest BCUT2D eigenvalue weighted by molar-refractivity contribution is 5.79. The van der Waals surface area contributed by atoms with Crippen molar-refractivity contribution in [3.63, 3.8) is 0 Å². The van der Waals surface area contributed by atoms with E-state index in [1.54, 1.807) is 9.80 Å². The topological polar surface area (TPSA) is 87.8 Å². The van der Waals surface area contributed by atoms with Gasteiger partial charge in [0.05, 0.1) is 24.8 Å². The largest absolute Gasteiger partial charge is 0.387 e. The van der Waals surface area contributed by atoms with E-state index in [0.717, 1.165) is 17.5 Å². The molecule has 1 saturated heterocycles. The van der Waals surface area contributed by atoms with Gasteiger partial charge in [0.2, 0.25) is 5.91 Å². The van der Waals surface area contributed by atoms with Crippen molar-refractivity contribution < 1.29 is 15.0 Å². The van der Waals surface area contributed by atoms with Crippen LogP contribution in [0.15, 0.2) is 60.7 Å². The predicted molar refractivity (Wildman–Crippen MR) is 110 cm³/mol. The molecule has 1 aliphatic rings. The van der Waals surface area contributed by atoms with Crippen molar-refractivity contribution in [1.29, 1.82) is 5.26 Å². The molecule has 0 radical (unpaired) electrons. The Kier molecular flexibility index (Phi) is 7.36. The Hall–Kier alpha value is -2.72. The summed E-state index contributed by atoms with van der Waals surface area (Å²) in [4.78, 5) is 16.2. The van der Waals surface area contributed by atoms with Crippen molar-refractivity contribution >= 4 is 5.91 Å². The summed E-state index contributed by atoms with van der Waals surface area (Å²) in [6, 6.07) is 20.3. The molecule has 0 bridgehead atoms. The summed E-state index contributed by atoms with van der Waals surface area (Å²) in [5, 5.41) is 30.6. The Bertz CT molecular complexity index is 775. The summed E-state index contributed by atoms with van der Waals surface area (Å²) in [7, 11) is 0. The van der Waals surface area contributed by atoms with Gasteiger partial charge >= 0.3 is 0 Å². The first kappa shape index (κ1) is 21.0. The number of aliphatic hydroxyl groups excluding tert-OH is 2. The van der Waals surface area contributed by atoms with E-state index in [1.165, 1.54) is 0 Å². The molecule has 1 heterocycles. The number of benzene rings is 2. The van der Waals surface area contributed by atoms with Gasteiger partial charge in [0.1, 0.15) is 6.04 Å². The van der Waals surface area contributed by atoms with Crippen molar-refractivity contribution in [1.82, 2.24) is 9.80 Å². The van der Waals surface area contributed by atoms with Gasteiger partial charge in [-0.05, 0) is 24.0 Å². The summed E-state index contributed by atoms with van der Waals surface area (Å²) in [6.45, 7) is 1.05. The van der Waals surface area contributed by atoms with Gasteiger partial charge in [-0.25, -0.2) is 0 Å². The number of nitrogens with zero attached hydrogens (tertiary/aromatic N) is 3. The van der Waals surface area contributed by atoms with Crippen LogP contribution in [0.4, 0.5) is 0 Å². The second-order valence-corrected chi connectivity index (χ2v) is 7.42. The molecule has 2 N–H and O–H groups in total. The monoisotopic (exact) mass is 393 g/mol. The van der Waals surface area contributed by atoms with Crippen LogP contribution in [0.3, 0.4) is 0 Å². The van der Waals surface area contributed by atoms with E-state index in [1.807, 2.05) is 60.7 Å². The van der Waals surface area contributed by atoms with Crippen LogP contribution in [0, 0.1) is 11.3 Å². The maximum absolute atomic E-state index is 12.8. The molecule has 1 aliphatic heterocycles. The third-order valence-corrected chi connectivity index (χ3v) is 5.31. The van der Waals surface area contributed by atoms with Gasteiger partial charge in [-0.1, -0.05) is 60.7 Å². The summed E-state index contributed by atoms with van der Waals surface area (Å²) in [5.74, 6) is -0.144. The van der Waals surface area contributed by atoms with Crippen LogP contribution in [0.1, 0.15) is 36.2 Å². The van der Waals surface area contributed by atoms with Gasteiger partial charge < -0.3 is 15.1 Å². The molecule has 3 atom stereocenters. The third kappa shape index (κ3) is 5.64. The molecule has 3 rings (SSSR count). The van der Waals surface area contributed by atoms with Crippen LogP contribution in [0.2, 0.25) is 0 Å². The fourth-order valence-corrected chi connectivity index (χ4v) is 3.74. The molecule has 152 valence electrons. The van der Waals surface area contributed by atoms with Crippen LogP contribution in [0.5, 0.6) is 0 Å². The molecule has 0 aliphatic carbocycles. The number of likely N-dealkylation sites (tertiary alicyclic amines) is 1. The Balaban J connectivity index is 1.71. The highest BCUT2D eigenvalue weighted by Crippen LogP contribution is 2.20. The molecule has 2 aromatic carbocycles. The minimum absolute atomic E-state index is 0.0476.